The van der Waals surface area contributed by atoms with Gasteiger partial charge in [-0.3, -0.25) is 0 Å². The van der Waals surface area contributed by atoms with Crippen molar-refractivity contribution in [1.82, 2.24) is 0 Å². The van der Waals surface area contributed by atoms with Crippen LogP contribution in [-0.4, -0.2) is 10.9 Å². The second kappa shape index (κ2) is 11.6. The summed E-state index contributed by atoms with van der Waals surface area (Å²) < 4.78 is 5.00. The summed E-state index contributed by atoms with van der Waals surface area (Å²) in [5.74, 6) is 1.36. The van der Waals surface area contributed by atoms with Crippen LogP contribution < -0.4 is 5.63 Å². The lowest BCUT2D eigenvalue weighted by Crippen LogP contribution is -2.03. The SMILES string of the molecule is CCCCCCCCCCCCSc1c(O)cc(C)oc1=O. The van der Waals surface area contributed by atoms with E-state index in [0.29, 0.717) is 10.7 Å². The molecule has 0 aromatic carbocycles. The third-order valence-electron chi connectivity index (χ3n) is 3.76. The van der Waals surface area contributed by atoms with Gasteiger partial charge in [-0.2, -0.15) is 0 Å². The molecule has 1 aromatic rings. The van der Waals surface area contributed by atoms with Crippen LogP contribution in [0.2, 0.25) is 0 Å². The van der Waals surface area contributed by atoms with Gasteiger partial charge in [0, 0.05) is 6.07 Å². The number of rotatable bonds is 12. The number of aromatic hydroxyl groups is 1. The summed E-state index contributed by atoms with van der Waals surface area (Å²) >= 11 is 1.40. The molecule has 4 heteroatoms. The largest absolute Gasteiger partial charge is 0.506 e. The van der Waals surface area contributed by atoms with E-state index in [-0.39, 0.29) is 5.75 Å². The van der Waals surface area contributed by atoms with Crippen molar-refractivity contribution in [2.45, 2.75) is 83.0 Å². The van der Waals surface area contributed by atoms with Gasteiger partial charge < -0.3 is 9.52 Å². The monoisotopic (exact) mass is 326 g/mol. The van der Waals surface area contributed by atoms with E-state index in [0.717, 1.165) is 12.2 Å². The van der Waals surface area contributed by atoms with Crippen molar-refractivity contribution in [3.63, 3.8) is 0 Å². The Balaban J connectivity index is 2.03. The molecule has 0 spiro atoms. The Kier molecular flexibility index (Phi) is 10.1. The Bertz CT molecular complexity index is 468. The third-order valence-corrected chi connectivity index (χ3v) is 4.91. The van der Waals surface area contributed by atoms with Crippen LogP contribution in [0.1, 0.15) is 76.9 Å². The van der Waals surface area contributed by atoms with Crippen LogP contribution in [0.4, 0.5) is 0 Å². The Morgan fingerprint density at radius 1 is 1.00 bits per heavy atom. The van der Waals surface area contributed by atoms with E-state index >= 15 is 0 Å². The second-order valence-corrected chi connectivity index (χ2v) is 6.99. The van der Waals surface area contributed by atoms with E-state index in [9.17, 15) is 9.90 Å². The minimum atomic E-state index is -0.422. The normalized spacial score (nSPS) is 11.0. The van der Waals surface area contributed by atoms with Gasteiger partial charge in [0.15, 0.2) is 0 Å². The summed E-state index contributed by atoms with van der Waals surface area (Å²) in [5, 5.41) is 9.75. The zero-order valence-corrected chi connectivity index (χ0v) is 14.8. The molecule has 0 aliphatic rings. The first-order valence-electron chi connectivity index (χ1n) is 8.61. The summed E-state index contributed by atoms with van der Waals surface area (Å²) in [6.45, 7) is 3.91. The smallest absolute Gasteiger partial charge is 0.353 e. The first-order valence-corrected chi connectivity index (χ1v) is 9.60. The predicted octanol–water partition coefficient (Wildman–Crippen LogP) is 5.67. The third kappa shape index (κ3) is 7.92. The van der Waals surface area contributed by atoms with Gasteiger partial charge in [-0.05, 0) is 19.1 Å². The van der Waals surface area contributed by atoms with Gasteiger partial charge in [0.2, 0.25) is 0 Å². The topological polar surface area (TPSA) is 50.4 Å². The van der Waals surface area contributed by atoms with Crippen molar-refractivity contribution in [3.8, 4) is 5.75 Å². The zero-order chi connectivity index (χ0) is 16.2. The molecule has 0 aliphatic heterocycles. The number of aryl methyl sites for hydroxylation is 1. The first kappa shape index (κ1) is 19.1. The maximum atomic E-state index is 11.6. The molecule has 126 valence electrons. The fraction of sp³-hybridized carbons (Fsp3) is 0.722. The lowest BCUT2D eigenvalue weighted by atomic mass is 10.1. The van der Waals surface area contributed by atoms with Gasteiger partial charge in [-0.15, -0.1) is 11.8 Å². The molecule has 0 amide bonds. The minimum Gasteiger partial charge on any atom is -0.506 e. The highest BCUT2D eigenvalue weighted by Crippen LogP contribution is 2.26. The van der Waals surface area contributed by atoms with E-state index in [1.54, 1.807) is 6.92 Å². The van der Waals surface area contributed by atoms with Crippen molar-refractivity contribution in [1.29, 1.82) is 0 Å². The Morgan fingerprint density at radius 2 is 1.55 bits per heavy atom. The standard InChI is InChI=1S/C18H30O3S/c1-3-4-5-6-7-8-9-10-11-12-13-22-17-16(19)14-15(2)21-18(17)20/h14,19H,3-13H2,1-2H3. The Labute approximate surface area is 138 Å². The van der Waals surface area contributed by atoms with E-state index in [1.807, 2.05) is 0 Å². The van der Waals surface area contributed by atoms with Crippen LogP contribution in [0, 0.1) is 6.92 Å². The van der Waals surface area contributed by atoms with Gasteiger partial charge >= 0.3 is 5.63 Å². The van der Waals surface area contributed by atoms with Crippen LogP contribution in [-0.2, 0) is 0 Å². The van der Waals surface area contributed by atoms with E-state index in [1.165, 1.54) is 75.6 Å². The highest BCUT2D eigenvalue weighted by Gasteiger charge is 2.09. The fourth-order valence-corrected chi connectivity index (χ4v) is 3.40. The molecule has 1 N–H and O–H groups in total. The summed E-state index contributed by atoms with van der Waals surface area (Å²) in [5.41, 5.74) is -0.422. The van der Waals surface area contributed by atoms with Gasteiger partial charge in [-0.25, -0.2) is 4.79 Å². The molecule has 1 aromatic heterocycles. The molecule has 0 aliphatic carbocycles. The molecule has 0 unspecified atom stereocenters. The van der Waals surface area contributed by atoms with Crippen LogP contribution >= 0.6 is 11.8 Å². The lowest BCUT2D eigenvalue weighted by molar-refractivity contribution is 0.412. The Morgan fingerprint density at radius 3 is 2.09 bits per heavy atom. The average molecular weight is 327 g/mol. The number of thioether (sulfide) groups is 1. The summed E-state index contributed by atoms with van der Waals surface area (Å²) in [6, 6.07) is 1.50. The van der Waals surface area contributed by atoms with Gasteiger partial charge in [0.1, 0.15) is 16.4 Å². The highest BCUT2D eigenvalue weighted by atomic mass is 32.2. The summed E-state index contributed by atoms with van der Waals surface area (Å²) in [4.78, 5) is 12.0. The first-order chi connectivity index (χ1) is 10.6. The van der Waals surface area contributed by atoms with Gasteiger partial charge in [0.25, 0.3) is 0 Å². The highest BCUT2D eigenvalue weighted by molar-refractivity contribution is 7.99. The molecule has 22 heavy (non-hydrogen) atoms. The molecular formula is C18H30O3S. The van der Waals surface area contributed by atoms with Crippen molar-refractivity contribution in [2.75, 3.05) is 5.75 Å². The van der Waals surface area contributed by atoms with Crippen molar-refractivity contribution >= 4 is 11.8 Å². The predicted molar refractivity (Wildman–Crippen MR) is 93.9 cm³/mol. The minimum absolute atomic E-state index is 0.0471. The molecule has 0 atom stereocenters. The van der Waals surface area contributed by atoms with E-state index in [4.69, 9.17) is 4.42 Å². The number of unbranched alkanes of at least 4 members (excludes halogenated alkanes) is 9. The number of hydrogen-bond acceptors (Lipinski definition) is 4. The molecule has 0 radical (unpaired) electrons. The van der Waals surface area contributed by atoms with Gasteiger partial charge in [-0.1, -0.05) is 64.7 Å². The van der Waals surface area contributed by atoms with Crippen LogP contribution in [0.3, 0.4) is 0 Å². The second-order valence-electron chi connectivity index (χ2n) is 5.89. The van der Waals surface area contributed by atoms with E-state index in [2.05, 4.69) is 6.92 Å². The molecule has 0 bridgehead atoms. The van der Waals surface area contributed by atoms with Crippen molar-refractivity contribution in [2.24, 2.45) is 0 Å². The summed E-state index contributed by atoms with van der Waals surface area (Å²) in [7, 11) is 0. The zero-order valence-electron chi connectivity index (χ0n) is 14.0. The summed E-state index contributed by atoms with van der Waals surface area (Å²) in [6.07, 6.45) is 13.0. The lowest BCUT2D eigenvalue weighted by Gasteiger charge is -2.04. The van der Waals surface area contributed by atoms with Crippen molar-refractivity contribution in [3.05, 3.63) is 22.2 Å². The molecule has 0 saturated carbocycles. The molecular weight excluding hydrogens is 296 g/mol. The average Bonchev–Trinajstić information content (AvgIpc) is 2.46. The van der Waals surface area contributed by atoms with Crippen LogP contribution in [0.5, 0.6) is 5.75 Å². The molecule has 3 nitrogen and oxygen atoms in total. The maximum absolute atomic E-state index is 11.6. The molecule has 0 fully saturated rings. The van der Waals surface area contributed by atoms with E-state index < -0.39 is 5.63 Å². The molecule has 0 saturated heterocycles. The fourth-order valence-electron chi connectivity index (χ4n) is 2.48. The quantitative estimate of drug-likeness (QED) is 0.397. The molecule has 1 rings (SSSR count). The van der Waals surface area contributed by atoms with Crippen LogP contribution in [0.15, 0.2) is 20.2 Å². The van der Waals surface area contributed by atoms with Crippen molar-refractivity contribution < 1.29 is 9.52 Å². The Hall–Kier alpha value is -0.900. The number of hydrogen-bond donors (Lipinski definition) is 1. The molecule has 1 heterocycles. The van der Waals surface area contributed by atoms with Gasteiger partial charge in [0.05, 0.1) is 0 Å². The maximum Gasteiger partial charge on any atom is 0.353 e. The van der Waals surface area contributed by atoms with Crippen LogP contribution in [0.25, 0.3) is 0 Å².